The van der Waals surface area contributed by atoms with Crippen LogP contribution in [-0.2, 0) is 6.54 Å². The van der Waals surface area contributed by atoms with Crippen LogP contribution in [0.1, 0.15) is 12.0 Å². The van der Waals surface area contributed by atoms with Crippen molar-refractivity contribution >= 4 is 28.3 Å². The number of methoxy groups -OCH3 is 1. The summed E-state index contributed by atoms with van der Waals surface area (Å²) < 4.78 is 6.45. The van der Waals surface area contributed by atoms with Crippen LogP contribution >= 0.6 is 28.3 Å². The fourth-order valence-corrected chi connectivity index (χ4v) is 2.92. The fourth-order valence-electron chi connectivity index (χ4n) is 2.55. The summed E-state index contributed by atoms with van der Waals surface area (Å²) in [5.41, 5.74) is 1.31. The van der Waals surface area contributed by atoms with E-state index in [9.17, 15) is 0 Å². The van der Waals surface area contributed by atoms with Gasteiger partial charge < -0.3 is 10.1 Å². The summed E-state index contributed by atoms with van der Waals surface area (Å²) in [6.07, 6.45) is 1.29. The van der Waals surface area contributed by atoms with E-state index >= 15 is 0 Å². The van der Waals surface area contributed by atoms with E-state index in [1.54, 1.807) is 7.11 Å². The molecule has 0 aliphatic carbocycles. The third kappa shape index (κ3) is 4.63. The lowest BCUT2D eigenvalue weighted by molar-refractivity contribution is 0.314. The lowest BCUT2D eigenvalue weighted by atomic mass is 10.1. The van der Waals surface area contributed by atoms with Crippen molar-refractivity contribution < 1.29 is 4.74 Å². The van der Waals surface area contributed by atoms with Crippen LogP contribution in [0.5, 0.6) is 5.75 Å². The molecule has 5 heteroatoms. The summed E-state index contributed by atoms with van der Waals surface area (Å²) in [4.78, 5) is 2.52. The van der Waals surface area contributed by atoms with Gasteiger partial charge in [0.05, 0.1) is 7.11 Å². The van der Waals surface area contributed by atoms with Crippen LogP contribution in [0.2, 0.25) is 0 Å². The quantitative estimate of drug-likeness (QED) is 0.884. The molecule has 0 saturated carbocycles. The van der Waals surface area contributed by atoms with Crippen molar-refractivity contribution in [3.05, 3.63) is 28.2 Å². The van der Waals surface area contributed by atoms with Gasteiger partial charge in [0.25, 0.3) is 0 Å². The number of hydrogen-bond donors (Lipinski definition) is 1. The second kappa shape index (κ2) is 8.10. The Morgan fingerprint density at radius 2 is 2.26 bits per heavy atom. The van der Waals surface area contributed by atoms with E-state index < -0.39 is 0 Å². The molecule has 19 heavy (non-hydrogen) atoms. The third-order valence-electron chi connectivity index (χ3n) is 3.51. The van der Waals surface area contributed by atoms with E-state index in [0.717, 1.165) is 24.8 Å². The van der Waals surface area contributed by atoms with Gasteiger partial charge in [-0.2, -0.15) is 0 Å². The average Bonchev–Trinajstić information content (AvgIpc) is 2.80. The lowest BCUT2D eigenvalue weighted by Crippen LogP contribution is -2.24. The van der Waals surface area contributed by atoms with Crippen LogP contribution in [0, 0.1) is 5.92 Å². The summed E-state index contributed by atoms with van der Waals surface area (Å²) in [6, 6.07) is 6.17. The molecule has 1 fully saturated rings. The molecule has 0 aromatic heterocycles. The molecule has 1 aliphatic rings. The number of nitrogens with zero attached hydrogens (tertiary/aromatic N) is 1. The average molecular weight is 350 g/mol. The van der Waals surface area contributed by atoms with Crippen LogP contribution in [0.15, 0.2) is 22.7 Å². The normalized spacial score (nSPS) is 19.2. The zero-order chi connectivity index (χ0) is 13.0. The molecule has 2 rings (SSSR count). The Bertz CT molecular complexity index is 403. The lowest BCUT2D eigenvalue weighted by Gasteiger charge is -2.17. The molecular formula is C14H22BrClN2O. The maximum absolute atomic E-state index is 5.28. The van der Waals surface area contributed by atoms with Crippen molar-refractivity contribution in [3.8, 4) is 5.75 Å². The topological polar surface area (TPSA) is 24.5 Å². The molecular weight excluding hydrogens is 328 g/mol. The third-order valence-corrected chi connectivity index (χ3v) is 4.28. The summed E-state index contributed by atoms with van der Waals surface area (Å²) >= 11 is 3.62. The van der Waals surface area contributed by atoms with Crippen LogP contribution in [0.25, 0.3) is 0 Å². The minimum atomic E-state index is 0. The molecule has 0 radical (unpaired) electrons. The molecule has 3 nitrogen and oxygen atoms in total. The van der Waals surface area contributed by atoms with E-state index in [0.29, 0.717) is 0 Å². The van der Waals surface area contributed by atoms with Crippen LogP contribution < -0.4 is 10.1 Å². The van der Waals surface area contributed by atoms with Crippen molar-refractivity contribution in [3.63, 3.8) is 0 Å². The predicted molar refractivity (Wildman–Crippen MR) is 85.3 cm³/mol. The molecule has 1 aromatic rings. The maximum Gasteiger partial charge on any atom is 0.119 e. The highest BCUT2D eigenvalue weighted by Gasteiger charge is 2.22. The second-order valence-corrected chi connectivity index (χ2v) is 5.76. The van der Waals surface area contributed by atoms with Crippen molar-refractivity contribution in [2.75, 3.05) is 33.8 Å². The molecule has 0 spiro atoms. The zero-order valence-electron chi connectivity index (χ0n) is 11.5. The summed E-state index contributed by atoms with van der Waals surface area (Å²) in [6.45, 7) is 4.49. The Morgan fingerprint density at radius 1 is 1.47 bits per heavy atom. The van der Waals surface area contributed by atoms with Crippen molar-refractivity contribution in [2.24, 2.45) is 5.92 Å². The van der Waals surface area contributed by atoms with Crippen LogP contribution in [0.3, 0.4) is 0 Å². The van der Waals surface area contributed by atoms with Gasteiger partial charge in [-0.05, 0) is 56.2 Å². The fraction of sp³-hybridized carbons (Fsp3) is 0.571. The van der Waals surface area contributed by atoms with E-state index in [1.165, 1.54) is 29.5 Å². The van der Waals surface area contributed by atoms with Gasteiger partial charge in [-0.1, -0.05) is 15.9 Å². The monoisotopic (exact) mass is 348 g/mol. The molecule has 1 aliphatic heterocycles. The SMILES string of the molecule is CNCC1CCN(Cc2cc(OC)ccc2Br)C1.Cl. The van der Waals surface area contributed by atoms with Gasteiger partial charge in [-0.3, -0.25) is 4.90 Å². The number of likely N-dealkylation sites (tertiary alicyclic amines) is 1. The van der Waals surface area contributed by atoms with E-state index in [4.69, 9.17) is 4.74 Å². The first kappa shape index (κ1) is 16.8. The van der Waals surface area contributed by atoms with Crippen molar-refractivity contribution in [1.82, 2.24) is 10.2 Å². The molecule has 1 aromatic carbocycles. The largest absolute Gasteiger partial charge is 0.497 e. The van der Waals surface area contributed by atoms with Gasteiger partial charge in [0.2, 0.25) is 0 Å². The smallest absolute Gasteiger partial charge is 0.119 e. The highest BCUT2D eigenvalue weighted by molar-refractivity contribution is 9.10. The second-order valence-electron chi connectivity index (χ2n) is 4.90. The van der Waals surface area contributed by atoms with Gasteiger partial charge >= 0.3 is 0 Å². The minimum Gasteiger partial charge on any atom is -0.497 e. The first-order chi connectivity index (χ1) is 8.72. The van der Waals surface area contributed by atoms with Crippen molar-refractivity contribution in [2.45, 2.75) is 13.0 Å². The van der Waals surface area contributed by atoms with Crippen molar-refractivity contribution in [1.29, 1.82) is 0 Å². The number of hydrogen-bond acceptors (Lipinski definition) is 3. The van der Waals surface area contributed by atoms with Gasteiger partial charge in [-0.15, -0.1) is 12.4 Å². The molecule has 0 amide bonds. The van der Waals surface area contributed by atoms with Gasteiger partial charge in [0.1, 0.15) is 5.75 Å². The Hall–Kier alpha value is -0.290. The summed E-state index contributed by atoms with van der Waals surface area (Å²) in [7, 11) is 3.74. The molecule has 1 heterocycles. The predicted octanol–water partition coefficient (Wildman–Crippen LogP) is 2.92. The number of benzene rings is 1. The molecule has 1 saturated heterocycles. The summed E-state index contributed by atoms with van der Waals surface area (Å²) in [5.74, 6) is 1.72. The number of halogens is 2. The summed E-state index contributed by atoms with van der Waals surface area (Å²) in [5, 5.41) is 3.27. The molecule has 1 N–H and O–H groups in total. The Morgan fingerprint density at radius 3 is 2.95 bits per heavy atom. The Kier molecular flexibility index (Phi) is 7.15. The van der Waals surface area contributed by atoms with E-state index in [1.807, 2.05) is 13.1 Å². The number of rotatable bonds is 5. The maximum atomic E-state index is 5.28. The molecule has 1 atom stereocenters. The highest BCUT2D eigenvalue weighted by Crippen LogP contribution is 2.26. The van der Waals surface area contributed by atoms with E-state index in [2.05, 4.69) is 38.3 Å². The van der Waals surface area contributed by atoms with Crippen LogP contribution in [-0.4, -0.2) is 38.7 Å². The molecule has 1 unspecified atom stereocenters. The zero-order valence-corrected chi connectivity index (χ0v) is 13.9. The first-order valence-corrected chi connectivity index (χ1v) is 7.21. The Balaban J connectivity index is 0.00000180. The molecule has 0 bridgehead atoms. The minimum absolute atomic E-state index is 0. The standard InChI is InChI=1S/C14H21BrN2O.ClH/c1-16-8-11-5-6-17(9-11)10-12-7-13(18-2)3-4-14(12)15;/h3-4,7,11,16H,5-6,8-10H2,1-2H3;1H. The van der Waals surface area contributed by atoms with E-state index in [-0.39, 0.29) is 12.4 Å². The molecule has 108 valence electrons. The van der Waals surface area contributed by atoms with Gasteiger partial charge in [0.15, 0.2) is 0 Å². The van der Waals surface area contributed by atoms with Gasteiger partial charge in [0, 0.05) is 17.6 Å². The number of ether oxygens (including phenoxy) is 1. The highest BCUT2D eigenvalue weighted by atomic mass is 79.9. The Labute approximate surface area is 130 Å². The van der Waals surface area contributed by atoms with Gasteiger partial charge in [-0.25, -0.2) is 0 Å². The van der Waals surface area contributed by atoms with Crippen LogP contribution in [0.4, 0.5) is 0 Å². The number of nitrogens with one attached hydrogen (secondary N) is 1. The first-order valence-electron chi connectivity index (χ1n) is 6.42.